The van der Waals surface area contributed by atoms with Crippen LogP contribution in [-0.4, -0.2) is 22.4 Å². The number of carbonyl (C=O) groups excluding carboxylic acids is 1. The number of pyridine rings is 1. The molecule has 3 rings (SSSR count). The summed E-state index contributed by atoms with van der Waals surface area (Å²) in [6.07, 6.45) is 6.65. The highest BCUT2D eigenvalue weighted by Gasteiger charge is 2.19. The number of aromatic nitrogens is 2. The number of aryl methyl sites for hydroxylation is 1. The lowest BCUT2D eigenvalue weighted by molar-refractivity contribution is 0.0973. The number of rotatable bonds is 3. The fourth-order valence-corrected chi connectivity index (χ4v) is 2.52. The standard InChI is InChI=1S/C15H16N2O2/c1-19-15-7-3-5-12(16-15)9-17-8-11-4-2-6-14(18)13(11)10-17/h3,5,7-8,10H,2,4,6,9H2,1H3. The summed E-state index contributed by atoms with van der Waals surface area (Å²) in [4.78, 5) is 16.2. The van der Waals surface area contributed by atoms with Crippen molar-refractivity contribution >= 4 is 5.78 Å². The zero-order valence-electron chi connectivity index (χ0n) is 10.9. The highest BCUT2D eigenvalue weighted by Crippen LogP contribution is 2.22. The number of hydrogen-bond acceptors (Lipinski definition) is 3. The van der Waals surface area contributed by atoms with Crippen molar-refractivity contribution in [2.24, 2.45) is 0 Å². The smallest absolute Gasteiger partial charge is 0.213 e. The van der Waals surface area contributed by atoms with Crippen LogP contribution in [0.3, 0.4) is 0 Å². The molecule has 4 nitrogen and oxygen atoms in total. The number of Topliss-reactive ketones (excluding diaryl/α,β-unsaturated/α-hetero) is 1. The second-order valence-electron chi connectivity index (χ2n) is 4.82. The molecule has 1 aliphatic carbocycles. The summed E-state index contributed by atoms with van der Waals surface area (Å²) in [5.41, 5.74) is 2.98. The van der Waals surface area contributed by atoms with Gasteiger partial charge in [-0.3, -0.25) is 4.79 Å². The molecule has 4 heteroatoms. The van der Waals surface area contributed by atoms with E-state index in [0.717, 1.165) is 24.1 Å². The van der Waals surface area contributed by atoms with Crippen LogP contribution < -0.4 is 4.74 Å². The monoisotopic (exact) mass is 256 g/mol. The third kappa shape index (κ3) is 2.38. The summed E-state index contributed by atoms with van der Waals surface area (Å²) < 4.78 is 7.15. The number of methoxy groups -OCH3 is 1. The Labute approximate surface area is 112 Å². The van der Waals surface area contributed by atoms with E-state index in [1.54, 1.807) is 7.11 Å². The maximum absolute atomic E-state index is 11.8. The quantitative estimate of drug-likeness (QED) is 0.847. The number of hydrogen-bond donors (Lipinski definition) is 0. The molecule has 0 spiro atoms. The van der Waals surface area contributed by atoms with Gasteiger partial charge in [-0.2, -0.15) is 0 Å². The molecule has 0 saturated heterocycles. The normalized spacial score (nSPS) is 14.3. The number of nitrogens with zero attached hydrogens (tertiary/aromatic N) is 2. The highest BCUT2D eigenvalue weighted by atomic mass is 16.5. The van der Waals surface area contributed by atoms with E-state index in [1.807, 2.05) is 29.0 Å². The average Bonchev–Trinajstić information content (AvgIpc) is 2.83. The summed E-state index contributed by atoms with van der Waals surface area (Å²) >= 11 is 0. The van der Waals surface area contributed by atoms with E-state index in [4.69, 9.17) is 4.74 Å². The Bertz CT molecular complexity index is 616. The van der Waals surface area contributed by atoms with E-state index in [9.17, 15) is 4.79 Å². The minimum absolute atomic E-state index is 0.263. The third-order valence-electron chi connectivity index (χ3n) is 3.45. The topological polar surface area (TPSA) is 44.1 Å². The molecule has 0 unspecified atom stereocenters. The zero-order chi connectivity index (χ0) is 13.2. The van der Waals surface area contributed by atoms with Crippen LogP contribution in [0.2, 0.25) is 0 Å². The molecule has 19 heavy (non-hydrogen) atoms. The van der Waals surface area contributed by atoms with Gasteiger partial charge < -0.3 is 9.30 Å². The van der Waals surface area contributed by atoms with E-state index in [2.05, 4.69) is 11.2 Å². The maximum atomic E-state index is 11.8. The van der Waals surface area contributed by atoms with Gasteiger partial charge in [-0.15, -0.1) is 0 Å². The van der Waals surface area contributed by atoms with Crippen molar-refractivity contribution in [3.8, 4) is 5.88 Å². The average molecular weight is 256 g/mol. The highest BCUT2D eigenvalue weighted by molar-refractivity contribution is 5.98. The first-order chi connectivity index (χ1) is 9.26. The van der Waals surface area contributed by atoms with Crippen molar-refractivity contribution in [1.29, 1.82) is 0 Å². The van der Waals surface area contributed by atoms with Gasteiger partial charge >= 0.3 is 0 Å². The number of ketones is 1. The Morgan fingerprint density at radius 1 is 1.32 bits per heavy atom. The lowest BCUT2D eigenvalue weighted by Gasteiger charge is -2.07. The molecular formula is C15H16N2O2. The van der Waals surface area contributed by atoms with Crippen LogP contribution in [0, 0.1) is 0 Å². The fourth-order valence-electron chi connectivity index (χ4n) is 2.52. The predicted octanol–water partition coefficient (Wildman–Crippen LogP) is 2.46. The van der Waals surface area contributed by atoms with Crippen LogP contribution >= 0.6 is 0 Å². The van der Waals surface area contributed by atoms with Crippen LogP contribution in [-0.2, 0) is 13.0 Å². The molecule has 0 aliphatic heterocycles. The summed E-state index contributed by atoms with van der Waals surface area (Å²) in [6, 6.07) is 5.72. The molecule has 0 saturated carbocycles. The van der Waals surface area contributed by atoms with Crippen LogP contribution in [0.15, 0.2) is 30.6 Å². The number of carbonyl (C=O) groups is 1. The van der Waals surface area contributed by atoms with Gasteiger partial charge in [0.15, 0.2) is 5.78 Å². The van der Waals surface area contributed by atoms with Crippen LogP contribution in [0.4, 0.5) is 0 Å². The molecular weight excluding hydrogens is 240 g/mol. The maximum Gasteiger partial charge on any atom is 0.213 e. The van der Waals surface area contributed by atoms with Crippen molar-refractivity contribution in [3.63, 3.8) is 0 Å². The van der Waals surface area contributed by atoms with Gasteiger partial charge in [0.25, 0.3) is 0 Å². The van der Waals surface area contributed by atoms with Gasteiger partial charge in [-0.25, -0.2) is 4.98 Å². The van der Waals surface area contributed by atoms with E-state index >= 15 is 0 Å². The molecule has 2 aromatic heterocycles. The Kier molecular flexibility index (Phi) is 3.07. The Balaban J connectivity index is 1.85. The van der Waals surface area contributed by atoms with Crippen molar-refractivity contribution in [1.82, 2.24) is 9.55 Å². The number of fused-ring (bicyclic) bond motifs is 1. The van der Waals surface area contributed by atoms with E-state index in [1.165, 1.54) is 5.56 Å². The molecule has 0 radical (unpaired) electrons. The fraction of sp³-hybridized carbons (Fsp3) is 0.333. The first kappa shape index (κ1) is 12.0. The number of ether oxygens (including phenoxy) is 1. The Morgan fingerprint density at radius 2 is 2.21 bits per heavy atom. The zero-order valence-corrected chi connectivity index (χ0v) is 10.9. The third-order valence-corrected chi connectivity index (χ3v) is 3.45. The summed E-state index contributed by atoms with van der Waals surface area (Å²) in [5.74, 6) is 0.879. The minimum atomic E-state index is 0.263. The molecule has 98 valence electrons. The molecule has 2 aromatic rings. The second-order valence-corrected chi connectivity index (χ2v) is 4.82. The van der Waals surface area contributed by atoms with Gasteiger partial charge in [0.05, 0.1) is 19.3 Å². The second kappa shape index (κ2) is 4.88. The van der Waals surface area contributed by atoms with E-state index < -0.39 is 0 Å². The van der Waals surface area contributed by atoms with Crippen molar-refractivity contribution in [3.05, 3.63) is 47.4 Å². The Hall–Kier alpha value is -2.10. The summed E-state index contributed by atoms with van der Waals surface area (Å²) in [6.45, 7) is 0.664. The van der Waals surface area contributed by atoms with Gasteiger partial charge in [-0.1, -0.05) is 6.07 Å². The van der Waals surface area contributed by atoms with Crippen molar-refractivity contribution in [2.45, 2.75) is 25.8 Å². The van der Waals surface area contributed by atoms with Crippen LogP contribution in [0.25, 0.3) is 0 Å². The summed E-state index contributed by atoms with van der Waals surface area (Å²) in [5, 5.41) is 0. The molecule has 0 fully saturated rings. The molecule has 0 atom stereocenters. The van der Waals surface area contributed by atoms with E-state index in [0.29, 0.717) is 18.8 Å². The lowest BCUT2D eigenvalue weighted by atomic mass is 9.95. The molecule has 0 aromatic carbocycles. The molecule has 1 aliphatic rings. The molecule has 0 N–H and O–H groups in total. The molecule has 2 heterocycles. The van der Waals surface area contributed by atoms with Crippen LogP contribution in [0.1, 0.15) is 34.5 Å². The van der Waals surface area contributed by atoms with E-state index in [-0.39, 0.29) is 5.78 Å². The predicted molar refractivity (Wildman–Crippen MR) is 71.6 cm³/mol. The van der Waals surface area contributed by atoms with Crippen LogP contribution in [0.5, 0.6) is 5.88 Å². The molecule has 0 bridgehead atoms. The van der Waals surface area contributed by atoms with Crippen molar-refractivity contribution < 1.29 is 9.53 Å². The summed E-state index contributed by atoms with van der Waals surface area (Å²) in [7, 11) is 1.61. The molecule has 0 amide bonds. The van der Waals surface area contributed by atoms with Gasteiger partial charge in [-0.05, 0) is 24.5 Å². The first-order valence-electron chi connectivity index (χ1n) is 6.48. The Morgan fingerprint density at radius 3 is 3.00 bits per heavy atom. The lowest BCUT2D eigenvalue weighted by Crippen LogP contribution is -2.07. The largest absolute Gasteiger partial charge is 0.481 e. The van der Waals surface area contributed by atoms with Gasteiger partial charge in [0, 0.05) is 30.4 Å². The van der Waals surface area contributed by atoms with Gasteiger partial charge in [0.1, 0.15) is 0 Å². The van der Waals surface area contributed by atoms with Crippen molar-refractivity contribution in [2.75, 3.05) is 7.11 Å². The first-order valence-corrected chi connectivity index (χ1v) is 6.48. The minimum Gasteiger partial charge on any atom is -0.481 e. The van der Waals surface area contributed by atoms with Gasteiger partial charge in [0.2, 0.25) is 5.88 Å². The SMILES string of the molecule is COc1cccc(Cn2cc3c(c2)C(=O)CCC3)n1.